The molecule has 0 saturated heterocycles. The third-order valence-corrected chi connectivity index (χ3v) is 12.6. The van der Waals surface area contributed by atoms with Crippen molar-refractivity contribution in [3.8, 4) is 0 Å². The molecule has 6 nitrogen and oxygen atoms in total. The monoisotopic (exact) mass is 925 g/mol. The second-order valence-electron chi connectivity index (χ2n) is 19.2. The highest BCUT2D eigenvalue weighted by molar-refractivity contribution is 5.71. The summed E-state index contributed by atoms with van der Waals surface area (Å²) in [4.78, 5) is 38.1. The average Bonchev–Trinajstić information content (AvgIpc) is 3.31. The van der Waals surface area contributed by atoms with Gasteiger partial charge in [-0.25, -0.2) is 0 Å². The lowest BCUT2D eigenvalue weighted by Crippen LogP contribution is -2.30. The maximum absolute atomic E-state index is 12.8. The Morgan fingerprint density at radius 2 is 0.545 bits per heavy atom. The number of ether oxygens (including phenoxy) is 3. The van der Waals surface area contributed by atoms with Crippen LogP contribution in [0.5, 0.6) is 0 Å². The average molecular weight is 926 g/mol. The number of esters is 3. The number of unbranched alkanes of at least 4 members (excludes halogenated alkanes) is 33. The molecule has 0 fully saturated rings. The maximum atomic E-state index is 12.8. The van der Waals surface area contributed by atoms with E-state index >= 15 is 0 Å². The van der Waals surface area contributed by atoms with Gasteiger partial charge >= 0.3 is 17.9 Å². The first-order chi connectivity index (χ1) is 32.5. The predicted molar refractivity (Wildman–Crippen MR) is 284 cm³/mol. The molecule has 6 heteroatoms. The van der Waals surface area contributed by atoms with Gasteiger partial charge in [0.1, 0.15) is 13.2 Å². The lowest BCUT2D eigenvalue weighted by atomic mass is 10.0. The molecule has 0 aromatic carbocycles. The van der Waals surface area contributed by atoms with Crippen molar-refractivity contribution in [1.82, 2.24) is 0 Å². The molecule has 384 valence electrons. The molecule has 0 bridgehead atoms. The first kappa shape index (κ1) is 63.4. The van der Waals surface area contributed by atoms with Crippen molar-refractivity contribution in [2.45, 2.75) is 303 Å². The molecule has 0 unspecified atom stereocenters. The minimum Gasteiger partial charge on any atom is -0.462 e. The highest BCUT2D eigenvalue weighted by atomic mass is 16.6. The number of carbonyl (C=O) groups is 3. The zero-order valence-corrected chi connectivity index (χ0v) is 44.0. The van der Waals surface area contributed by atoms with Crippen molar-refractivity contribution >= 4 is 17.9 Å². The fourth-order valence-electron chi connectivity index (χ4n) is 8.25. The van der Waals surface area contributed by atoms with Crippen molar-refractivity contribution in [3.05, 3.63) is 48.6 Å². The van der Waals surface area contributed by atoms with E-state index in [4.69, 9.17) is 14.2 Å². The second-order valence-corrected chi connectivity index (χ2v) is 19.2. The summed E-state index contributed by atoms with van der Waals surface area (Å²) in [7, 11) is 0. The smallest absolute Gasteiger partial charge is 0.306 e. The van der Waals surface area contributed by atoms with Crippen LogP contribution in [-0.4, -0.2) is 37.2 Å². The first-order valence-electron chi connectivity index (χ1n) is 28.6. The minimum absolute atomic E-state index is 0.0790. The SMILES string of the molecule is CCCCC/C=C\C/C=C\C/C=C\C/C=C\CCCCCC(=O)OC[C@H](COC(=O)CCCCCCCCCCCCCCCCCCC)OC(=O)CCCCCCCCCCCCCC. The van der Waals surface area contributed by atoms with Gasteiger partial charge in [-0.2, -0.15) is 0 Å². The van der Waals surface area contributed by atoms with Gasteiger partial charge in [0.15, 0.2) is 6.10 Å². The van der Waals surface area contributed by atoms with Crippen molar-refractivity contribution in [3.63, 3.8) is 0 Å². The van der Waals surface area contributed by atoms with Crippen molar-refractivity contribution in [2.24, 2.45) is 0 Å². The number of hydrogen-bond donors (Lipinski definition) is 0. The minimum atomic E-state index is -0.782. The van der Waals surface area contributed by atoms with Gasteiger partial charge in [-0.1, -0.05) is 262 Å². The van der Waals surface area contributed by atoms with Gasteiger partial charge in [0.05, 0.1) is 0 Å². The van der Waals surface area contributed by atoms with Crippen LogP contribution in [0, 0.1) is 0 Å². The van der Waals surface area contributed by atoms with E-state index in [1.54, 1.807) is 0 Å². The molecule has 66 heavy (non-hydrogen) atoms. The number of carbonyl (C=O) groups excluding carboxylic acids is 3. The van der Waals surface area contributed by atoms with Crippen LogP contribution < -0.4 is 0 Å². The summed E-state index contributed by atoms with van der Waals surface area (Å²) >= 11 is 0. The highest BCUT2D eigenvalue weighted by Gasteiger charge is 2.19. The standard InChI is InChI=1S/C60H108O6/c1-4-7-10-13-16-19-22-25-27-29-30-32-34-36-39-41-44-47-50-53-59(62)65-56-57(66-60(63)54-51-48-45-42-37-24-21-18-15-12-9-6-3)55-64-58(61)52-49-46-43-40-38-35-33-31-28-26-23-20-17-14-11-8-5-2/h16,19,25,27,30,32,36,39,57H,4-15,17-18,20-24,26,28-29,31,33-35,37-38,40-56H2,1-3H3/b19-16-,27-25-,32-30-,39-36-/t57-/m0/s1. The Hall–Kier alpha value is -2.63. The molecule has 0 N–H and O–H groups in total. The summed E-state index contributed by atoms with van der Waals surface area (Å²) in [6.45, 7) is 6.62. The molecule has 0 aliphatic carbocycles. The fourth-order valence-corrected chi connectivity index (χ4v) is 8.25. The largest absolute Gasteiger partial charge is 0.462 e. The normalized spacial score (nSPS) is 12.3. The first-order valence-corrected chi connectivity index (χ1v) is 28.6. The number of rotatable bonds is 52. The van der Waals surface area contributed by atoms with E-state index in [-0.39, 0.29) is 31.1 Å². The lowest BCUT2D eigenvalue weighted by molar-refractivity contribution is -0.167. The summed E-state index contributed by atoms with van der Waals surface area (Å²) in [5.74, 6) is -0.896. The van der Waals surface area contributed by atoms with E-state index in [9.17, 15) is 14.4 Å². The third kappa shape index (κ3) is 52.3. The van der Waals surface area contributed by atoms with Crippen LogP contribution in [0.1, 0.15) is 297 Å². The topological polar surface area (TPSA) is 78.9 Å². The molecule has 0 aliphatic rings. The van der Waals surface area contributed by atoms with Crippen LogP contribution in [0.25, 0.3) is 0 Å². The van der Waals surface area contributed by atoms with Crippen LogP contribution in [0.15, 0.2) is 48.6 Å². The van der Waals surface area contributed by atoms with E-state index < -0.39 is 6.10 Å². The number of hydrogen-bond acceptors (Lipinski definition) is 6. The molecule has 0 spiro atoms. The molecule has 1 atom stereocenters. The van der Waals surface area contributed by atoms with Crippen LogP contribution in [0.2, 0.25) is 0 Å². The van der Waals surface area contributed by atoms with E-state index in [1.165, 1.54) is 173 Å². The molecule has 0 aromatic heterocycles. The molecular formula is C60H108O6. The lowest BCUT2D eigenvalue weighted by Gasteiger charge is -2.18. The van der Waals surface area contributed by atoms with Gasteiger partial charge in [-0.3, -0.25) is 14.4 Å². The molecule has 0 aliphatic heterocycles. The summed E-state index contributed by atoms with van der Waals surface area (Å²) in [5.41, 5.74) is 0. The Labute approximate surface area is 409 Å². The molecule has 0 radical (unpaired) electrons. The fraction of sp³-hybridized carbons (Fsp3) is 0.817. The van der Waals surface area contributed by atoms with Gasteiger partial charge in [0.2, 0.25) is 0 Å². The Bertz CT molecular complexity index is 1150. The van der Waals surface area contributed by atoms with Gasteiger partial charge < -0.3 is 14.2 Å². The zero-order valence-electron chi connectivity index (χ0n) is 44.0. The molecule has 0 rings (SSSR count). The Balaban J connectivity index is 4.36. The summed E-state index contributed by atoms with van der Waals surface area (Å²) in [6.07, 6.45) is 66.7. The molecule has 0 aromatic rings. The van der Waals surface area contributed by atoms with E-state index in [1.807, 2.05) is 0 Å². The van der Waals surface area contributed by atoms with Crippen LogP contribution >= 0.6 is 0 Å². The van der Waals surface area contributed by atoms with Crippen LogP contribution in [-0.2, 0) is 28.6 Å². The summed E-state index contributed by atoms with van der Waals surface area (Å²) in [5, 5.41) is 0. The van der Waals surface area contributed by atoms with Gasteiger partial charge in [-0.15, -0.1) is 0 Å². The quantitative estimate of drug-likeness (QED) is 0.0262. The molecule has 0 heterocycles. The van der Waals surface area contributed by atoms with Crippen molar-refractivity contribution in [2.75, 3.05) is 13.2 Å². The molecule has 0 saturated carbocycles. The van der Waals surface area contributed by atoms with Gasteiger partial charge in [0.25, 0.3) is 0 Å². The summed E-state index contributed by atoms with van der Waals surface area (Å²) in [6, 6.07) is 0. The van der Waals surface area contributed by atoms with Crippen molar-refractivity contribution < 1.29 is 28.6 Å². The molecule has 0 amide bonds. The van der Waals surface area contributed by atoms with E-state index in [0.717, 1.165) is 83.5 Å². The Kier molecular flexibility index (Phi) is 52.8. The molecular weight excluding hydrogens is 817 g/mol. The predicted octanol–water partition coefficient (Wildman–Crippen LogP) is 19.0. The van der Waals surface area contributed by atoms with Crippen molar-refractivity contribution in [1.29, 1.82) is 0 Å². The highest BCUT2D eigenvalue weighted by Crippen LogP contribution is 2.16. The Morgan fingerprint density at radius 1 is 0.303 bits per heavy atom. The van der Waals surface area contributed by atoms with Gasteiger partial charge in [0, 0.05) is 19.3 Å². The zero-order chi connectivity index (χ0) is 47.9. The third-order valence-electron chi connectivity index (χ3n) is 12.6. The second kappa shape index (κ2) is 55.0. The summed E-state index contributed by atoms with van der Waals surface area (Å²) < 4.78 is 16.8. The van der Waals surface area contributed by atoms with Crippen LogP contribution in [0.3, 0.4) is 0 Å². The van der Waals surface area contributed by atoms with E-state index in [0.29, 0.717) is 19.3 Å². The van der Waals surface area contributed by atoms with E-state index in [2.05, 4.69) is 69.4 Å². The number of allylic oxidation sites excluding steroid dienone is 8. The van der Waals surface area contributed by atoms with Gasteiger partial charge in [-0.05, 0) is 64.2 Å². The maximum Gasteiger partial charge on any atom is 0.306 e. The van der Waals surface area contributed by atoms with Crippen LogP contribution in [0.4, 0.5) is 0 Å². The Morgan fingerprint density at radius 3 is 0.879 bits per heavy atom.